The summed E-state index contributed by atoms with van der Waals surface area (Å²) < 4.78 is 5.17. The van der Waals surface area contributed by atoms with Crippen molar-refractivity contribution in [3.8, 4) is 0 Å². The molecule has 0 radical (unpaired) electrons. The van der Waals surface area contributed by atoms with Crippen molar-refractivity contribution in [1.29, 1.82) is 0 Å². The highest BCUT2D eigenvalue weighted by Gasteiger charge is 2.38. The van der Waals surface area contributed by atoms with Gasteiger partial charge < -0.3 is 20.1 Å². The van der Waals surface area contributed by atoms with Gasteiger partial charge in [0, 0.05) is 31.5 Å². The van der Waals surface area contributed by atoms with E-state index in [2.05, 4.69) is 5.32 Å². The zero-order chi connectivity index (χ0) is 17.7. The number of hydrogen-bond donors (Lipinski definition) is 2. The molecule has 0 spiro atoms. The average Bonchev–Trinajstić information content (AvgIpc) is 2.91. The Kier molecular flexibility index (Phi) is 6.49. The molecule has 1 aliphatic heterocycles. The van der Waals surface area contributed by atoms with E-state index in [9.17, 15) is 14.7 Å². The number of amides is 2. The van der Waals surface area contributed by atoms with Crippen molar-refractivity contribution in [2.75, 3.05) is 13.1 Å². The Morgan fingerprint density at radius 1 is 1.17 bits per heavy atom. The normalized spacial score (nSPS) is 27.8. The number of rotatable bonds is 4. The first kappa shape index (κ1) is 19.0. The van der Waals surface area contributed by atoms with Gasteiger partial charge in [-0.05, 0) is 52.9 Å². The van der Waals surface area contributed by atoms with Crippen LogP contribution in [0.5, 0.6) is 0 Å². The number of likely N-dealkylation sites (tertiary alicyclic amines) is 1. The van der Waals surface area contributed by atoms with E-state index >= 15 is 0 Å². The number of alkyl carbamates (subject to hydrolysis) is 1. The molecule has 1 saturated carbocycles. The smallest absolute Gasteiger partial charge is 0.407 e. The van der Waals surface area contributed by atoms with E-state index < -0.39 is 11.7 Å². The molecular formula is C18H32N2O4. The van der Waals surface area contributed by atoms with Crippen LogP contribution >= 0.6 is 0 Å². The lowest BCUT2D eigenvalue weighted by atomic mass is 9.87. The van der Waals surface area contributed by atoms with Crippen molar-refractivity contribution in [3.05, 3.63) is 0 Å². The molecule has 0 aromatic rings. The SMILES string of the molecule is CC(C)(C)OC(=O)NCCC(=O)N1CCCCC1C1CCCC1O. The predicted molar refractivity (Wildman–Crippen MR) is 91.6 cm³/mol. The number of hydrogen-bond acceptors (Lipinski definition) is 4. The number of carbonyl (C=O) groups excluding carboxylic acids is 2. The van der Waals surface area contributed by atoms with Gasteiger partial charge in [0.1, 0.15) is 5.60 Å². The van der Waals surface area contributed by atoms with Crippen molar-refractivity contribution in [2.45, 2.75) is 83.5 Å². The zero-order valence-electron chi connectivity index (χ0n) is 15.2. The minimum atomic E-state index is -0.537. The predicted octanol–water partition coefficient (Wildman–Crippen LogP) is 2.44. The topological polar surface area (TPSA) is 78.9 Å². The molecule has 2 aliphatic rings. The number of nitrogens with zero attached hydrogens (tertiary/aromatic N) is 1. The van der Waals surface area contributed by atoms with Gasteiger partial charge in [-0.1, -0.05) is 6.42 Å². The maximum atomic E-state index is 12.6. The monoisotopic (exact) mass is 340 g/mol. The van der Waals surface area contributed by atoms with E-state index in [1.165, 1.54) is 0 Å². The summed E-state index contributed by atoms with van der Waals surface area (Å²) in [5.74, 6) is 0.280. The van der Waals surface area contributed by atoms with Crippen molar-refractivity contribution in [3.63, 3.8) is 0 Å². The number of piperidine rings is 1. The third-order valence-corrected chi connectivity index (χ3v) is 4.90. The summed E-state index contributed by atoms with van der Waals surface area (Å²) in [4.78, 5) is 26.2. The van der Waals surface area contributed by atoms with Gasteiger partial charge in [-0.15, -0.1) is 0 Å². The van der Waals surface area contributed by atoms with Crippen LogP contribution in [0.3, 0.4) is 0 Å². The summed E-state index contributed by atoms with van der Waals surface area (Å²) in [6, 6.07) is 0.158. The third-order valence-electron chi connectivity index (χ3n) is 4.90. The van der Waals surface area contributed by atoms with Crippen LogP contribution in [-0.4, -0.2) is 52.8 Å². The Bertz CT molecular complexity index is 447. The van der Waals surface area contributed by atoms with Crippen LogP contribution in [0.2, 0.25) is 0 Å². The molecule has 6 nitrogen and oxygen atoms in total. The second-order valence-corrected chi connectivity index (χ2v) is 7.99. The standard InChI is InChI=1S/C18H32N2O4/c1-18(2,3)24-17(23)19-11-10-16(22)20-12-5-4-8-14(20)13-7-6-9-15(13)21/h13-15,21H,4-12H2,1-3H3,(H,19,23). The van der Waals surface area contributed by atoms with Gasteiger partial charge in [0.15, 0.2) is 0 Å². The molecule has 2 N–H and O–H groups in total. The number of carbonyl (C=O) groups is 2. The van der Waals surface area contributed by atoms with Crippen LogP contribution in [0.15, 0.2) is 0 Å². The van der Waals surface area contributed by atoms with Crippen LogP contribution in [0.25, 0.3) is 0 Å². The molecule has 2 amide bonds. The number of aliphatic hydroxyl groups is 1. The van der Waals surface area contributed by atoms with Gasteiger partial charge in [-0.3, -0.25) is 4.79 Å². The Labute approximate surface area is 144 Å². The minimum Gasteiger partial charge on any atom is -0.444 e. The highest BCUT2D eigenvalue weighted by Crippen LogP contribution is 2.35. The van der Waals surface area contributed by atoms with E-state index in [-0.39, 0.29) is 36.9 Å². The molecule has 138 valence electrons. The molecule has 1 heterocycles. The first-order valence-electron chi connectivity index (χ1n) is 9.22. The maximum Gasteiger partial charge on any atom is 0.407 e. The van der Waals surface area contributed by atoms with Crippen LogP contribution in [0.1, 0.15) is 65.7 Å². The fourth-order valence-electron chi connectivity index (χ4n) is 3.86. The third kappa shape index (κ3) is 5.36. The molecule has 3 atom stereocenters. The van der Waals surface area contributed by atoms with Gasteiger partial charge in [0.05, 0.1) is 6.10 Å². The Balaban J connectivity index is 1.82. The molecule has 24 heavy (non-hydrogen) atoms. The van der Waals surface area contributed by atoms with Crippen molar-refractivity contribution in [1.82, 2.24) is 10.2 Å². The van der Waals surface area contributed by atoms with Crippen LogP contribution in [0.4, 0.5) is 4.79 Å². The maximum absolute atomic E-state index is 12.6. The Morgan fingerprint density at radius 3 is 2.54 bits per heavy atom. The van der Waals surface area contributed by atoms with Crippen molar-refractivity contribution >= 4 is 12.0 Å². The number of aliphatic hydroxyl groups excluding tert-OH is 1. The highest BCUT2D eigenvalue weighted by molar-refractivity contribution is 5.77. The quantitative estimate of drug-likeness (QED) is 0.824. The van der Waals surface area contributed by atoms with E-state index in [0.717, 1.165) is 45.1 Å². The van der Waals surface area contributed by atoms with Crippen molar-refractivity contribution in [2.24, 2.45) is 5.92 Å². The molecule has 0 bridgehead atoms. The molecule has 3 unspecified atom stereocenters. The van der Waals surface area contributed by atoms with Crippen LogP contribution in [0, 0.1) is 5.92 Å². The molecule has 0 aromatic heterocycles. The molecule has 6 heteroatoms. The average molecular weight is 340 g/mol. The van der Waals surface area contributed by atoms with Gasteiger partial charge in [-0.25, -0.2) is 4.79 Å². The minimum absolute atomic E-state index is 0.0647. The highest BCUT2D eigenvalue weighted by atomic mass is 16.6. The van der Waals surface area contributed by atoms with Gasteiger partial charge in [0.25, 0.3) is 0 Å². The second-order valence-electron chi connectivity index (χ2n) is 7.99. The summed E-state index contributed by atoms with van der Waals surface area (Å²) in [5.41, 5.74) is -0.537. The molecule has 2 fully saturated rings. The zero-order valence-corrected chi connectivity index (χ0v) is 15.2. The van der Waals surface area contributed by atoms with Gasteiger partial charge >= 0.3 is 6.09 Å². The lowest BCUT2D eigenvalue weighted by molar-refractivity contribution is -0.137. The second kappa shape index (κ2) is 8.19. The summed E-state index contributed by atoms with van der Waals surface area (Å²) >= 11 is 0. The first-order chi connectivity index (χ1) is 11.3. The molecule has 1 aliphatic carbocycles. The number of nitrogens with one attached hydrogen (secondary N) is 1. The summed E-state index contributed by atoms with van der Waals surface area (Å²) in [5, 5.41) is 12.8. The van der Waals surface area contributed by atoms with E-state index in [1.54, 1.807) is 0 Å². The van der Waals surface area contributed by atoms with Crippen LogP contribution < -0.4 is 5.32 Å². The van der Waals surface area contributed by atoms with E-state index in [0.29, 0.717) is 0 Å². The van der Waals surface area contributed by atoms with Crippen LogP contribution in [-0.2, 0) is 9.53 Å². The Hall–Kier alpha value is -1.30. The summed E-state index contributed by atoms with van der Waals surface area (Å²) in [6.45, 7) is 6.47. The summed E-state index contributed by atoms with van der Waals surface area (Å²) in [7, 11) is 0. The lowest BCUT2D eigenvalue weighted by Crippen LogP contribution is -2.50. The molecule has 2 rings (SSSR count). The fraction of sp³-hybridized carbons (Fsp3) is 0.889. The summed E-state index contributed by atoms with van der Waals surface area (Å²) in [6.07, 6.45) is 5.53. The van der Waals surface area contributed by atoms with E-state index in [4.69, 9.17) is 4.74 Å². The fourth-order valence-corrected chi connectivity index (χ4v) is 3.86. The molecule has 1 saturated heterocycles. The number of ether oxygens (including phenoxy) is 1. The lowest BCUT2D eigenvalue weighted by Gasteiger charge is -2.40. The van der Waals surface area contributed by atoms with Gasteiger partial charge in [-0.2, -0.15) is 0 Å². The first-order valence-corrected chi connectivity index (χ1v) is 9.22. The molecular weight excluding hydrogens is 308 g/mol. The Morgan fingerprint density at radius 2 is 1.92 bits per heavy atom. The van der Waals surface area contributed by atoms with Crippen molar-refractivity contribution < 1.29 is 19.4 Å². The van der Waals surface area contributed by atoms with Gasteiger partial charge in [0.2, 0.25) is 5.91 Å². The largest absolute Gasteiger partial charge is 0.444 e. The van der Waals surface area contributed by atoms with E-state index in [1.807, 2.05) is 25.7 Å². The molecule has 0 aromatic carbocycles.